The molecule has 0 atom stereocenters. The van der Waals surface area contributed by atoms with Gasteiger partial charge in [-0.2, -0.15) is 0 Å². The summed E-state index contributed by atoms with van der Waals surface area (Å²) in [5.41, 5.74) is -0.487. The molecule has 0 rings (SSSR count). The molecule has 2 nitrogen and oxygen atoms in total. The molecule has 0 aliphatic carbocycles. The van der Waals surface area contributed by atoms with Crippen LogP contribution in [0.2, 0.25) is 0 Å². The SMILES string of the molecule is CCCN(CC(O)(CC)CC)C(C)C. The molecule has 0 saturated carbocycles. The fourth-order valence-electron chi connectivity index (χ4n) is 1.66. The largest absolute Gasteiger partial charge is 0.389 e. The Labute approximate surface area is 89.3 Å². The summed E-state index contributed by atoms with van der Waals surface area (Å²) < 4.78 is 0. The van der Waals surface area contributed by atoms with Gasteiger partial charge in [-0.05, 0) is 39.7 Å². The van der Waals surface area contributed by atoms with Gasteiger partial charge >= 0.3 is 0 Å². The maximum absolute atomic E-state index is 10.2. The lowest BCUT2D eigenvalue weighted by Gasteiger charge is -2.35. The van der Waals surface area contributed by atoms with Crippen LogP contribution in [0, 0.1) is 0 Å². The average Bonchev–Trinajstić information content (AvgIpc) is 2.17. The maximum atomic E-state index is 10.2. The second-order valence-corrected chi connectivity index (χ2v) is 4.50. The topological polar surface area (TPSA) is 23.5 Å². The van der Waals surface area contributed by atoms with Crippen LogP contribution in [0.1, 0.15) is 53.9 Å². The van der Waals surface area contributed by atoms with E-state index in [-0.39, 0.29) is 0 Å². The van der Waals surface area contributed by atoms with Gasteiger partial charge in [0.2, 0.25) is 0 Å². The molecule has 2 heteroatoms. The molecule has 0 spiro atoms. The van der Waals surface area contributed by atoms with Crippen molar-refractivity contribution in [3.8, 4) is 0 Å². The van der Waals surface area contributed by atoms with Crippen molar-refractivity contribution in [2.45, 2.75) is 65.5 Å². The molecular formula is C12H27NO. The summed E-state index contributed by atoms with van der Waals surface area (Å²) in [6.45, 7) is 12.6. The van der Waals surface area contributed by atoms with Crippen molar-refractivity contribution in [3.63, 3.8) is 0 Å². The minimum atomic E-state index is -0.487. The van der Waals surface area contributed by atoms with E-state index in [1.54, 1.807) is 0 Å². The number of nitrogens with zero attached hydrogens (tertiary/aromatic N) is 1. The molecule has 0 aromatic rings. The second kappa shape index (κ2) is 6.41. The Balaban J connectivity index is 4.25. The van der Waals surface area contributed by atoms with Crippen molar-refractivity contribution in [2.24, 2.45) is 0 Å². The highest BCUT2D eigenvalue weighted by atomic mass is 16.3. The highest BCUT2D eigenvalue weighted by molar-refractivity contribution is 4.80. The Kier molecular flexibility index (Phi) is 6.38. The van der Waals surface area contributed by atoms with E-state index in [9.17, 15) is 5.11 Å². The predicted molar refractivity (Wildman–Crippen MR) is 62.5 cm³/mol. The van der Waals surface area contributed by atoms with E-state index in [2.05, 4.69) is 39.5 Å². The molecule has 0 amide bonds. The van der Waals surface area contributed by atoms with Gasteiger partial charge < -0.3 is 5.11 Å². The molecule has 1 N–H and O–H groups in total. The summed E-state index contributed by atoms with van der Waals surface area (Å²) in [5.74, 6) is 0. The zero-order valence-electron chi connectivity index (χ0n) is 10.5. The Bertz CT molecular complexity index is 141. The molecule has 0 fully saturated rings. The summed E-state index contributed by atoms with van der Waals surface area (Å²) in [6.07, 6.45) is 2.84. The molecule has 0 saturated heterocycles. The lowest BCUT2D eigenvalue weighted by molar-refractivity contribution is -0.0113. The van der Waals surface area contributed by atoms with Gasteiger partial charge in [-0.25, -0.2) is 0 Å². The minimum absolute atomic E-state index is 0.487. The van der Waals surface area contributed by atoms with Gasteiger partial charge in [-0.15, -0.1) is 0 Å². The molecule has 0 aromatic carbocycles. The maximum Gasteiger partial charge on any atom is 0.0769 e. The van der Waals surface area contributed by atoms with Crippen LogP contribution in [0.4, 0.5) is 0 Å². The van der Waals surface area contributed by atoms with Gasteiger partial charge in [0.15, 0.2) is 0 Å². The van der Waals surface area contributed by atoms with Crippen molar-refractivity contribution < 1.29 is 5.11 Å². The average molecular weight is 201 g/mol. The molecule has 0 bridgehead atoms. The first kappa shape index (κ1) is 13.9. The van der Waals surface area contributed by atoms with Gasteiger partial charge in [0.25, 0.3) is 0 Å². The van der Waals surface area contributed by atoms with Crippen LogP contribution in [0.15, 0.2) is 0 Å². The first-order valence-electron chi connectivity index (χ1n) is 5.95. The van der Waals surface area contributed by atoms with E-state index in [0.717, 1.165) is 32.4 Å². The van der Waals surface area contributed by atoms with Crippen LogP contribution in [0.3, 0.4) is 0 Å². The molecular weight excluding hydrogens is 174 g/mol. The van der Waals surface area contributed by atoms with Gasteiger partial charge in [0, 0.05) is 12.6 Å². The molecule has 14 heavy (non-hydrogen) atoms. The minimum Gasteiger partial charge on any atom is -0.389 e. The van der Waals surface area contributed by atoms with Crippen LogP contribution in [-0.2, 0) is 0 Å². The van der Waals surface area contributed by atoms with Gasteiger partial charge in [-0.1, -0.05) is 20.8 Å². The third kappa shape index (κ3) is 4.43. The summed E-state index contributed by atoms with van der Waals surface area (Å²) in [4.78, 5) is 2.37. The Morgan fingerprint density at radius 3 is 1.93 bits per heavy atom. The number of hydrogen-bond donors (Lipinski definition) is 1. The van der Waals surface area contributed by atoms with E-state index in [0.29, 0.717) is 6.04 Å². The first-order chi connectivity index (χ1) is 6.49. The summed E-state index contributed by atoms with van der Waals surface area (Å²) >= 11 is 0. The highest BCUT2D eigenvalue weighted by Gasteiger charge is 2.26. The number of hydrogen-bond acceptors (Lipinski definition) is 2. The van der Waals surface area contributed by atoms with E-state index in [1.165, 1.54) is 0 Å². The zero-order valence-corrected chi connectivity index (χ0v) is 10.5. The van der Waals surface area contributed by atoms with Gasteiger partial charge in [-0.3, -0.25) is 4.90 Å². The quantitative estimate of drug-likeness (QED) is 0.684. The monoisotopic (exact) mass is 201 g/mol. The van der Waals surface area contributed by atoms with Crippen LogP contribution in [-0.4, -0.2) is 34.7 Å². The zero-order chi connectivity index (χ0) is 11.2. The lowest BCUT2D eigenvalue weighted by atomic mass is 9.96. The molecule has 0 heterocycles. The van der Waals surface area contributed by atoms with Crippen molar-refractivity contribution >= 4 is 0 Å². The number of rotatable bonds is 7. The second-order valence-electron chi connectivity index (χ2n) is 4.50. The van der Waals surface area contributed by atoms with Gasteiger partial charge in [0.05, 0.1) is 5.60 Å². The van der Waals surface area contributed by atoms with Crippen LogP contribution in [0.25, 0.3) is 0 Å². The van der Waals surface area contributed by atoms with Crippen LogP contribution in [0.5, 0.6) is 0 Å². The Hall–Kier alpha value is -0.0800. The van der Waals surface area contributed by atoms with E-state index < -0.39 is 5.60 Å². The Morgan fingerprint density at radius 1 is 1.14 bits per heavy atom. The third-order valence-electron chi connectivity index (χ3n) is 3.05. The molecule has 0 aromatic heterocycles. The van der Waals surface area contributed by atoms with Crippen molar-refractivity contribution in [2.75, 3.05) is 13.1 Å². The van der Waals surface area contributed by atoms with Crippen molar-refractivity contribution in [1.29, 1.82) is 0 Å². The molecule has 0 radical (unpaired) electrons. The van der Waals surface area contributed by atoms with Gasteiger partial charge in [0.1, 0.15) is 0 Å². The highest BCUT2D eigenvalue weighted by Crippen LogP contribution is 2.17. The smallest absolute Gasteiger partial charge is 0.0769 e. The van der Waals surface area contributed by atoms with E-state index in [4.69, 9.17) is 0 Å². The van der Waals surface area contributed by atoms with E-state index in [1.807, 2.05) is 0 Å². The molecule has 86 valence electrons. The van der Waals surface area contributed by atoms with Crippen LogP contribution >= 0.6 is 0 Å². The first-order valence-corrected chi connectivity index (χ1v) is 5.95. The Morgan fingerprint density at radius 2 is 1.64 bits per heavy atom. The normalized spacial score (nSPS) is 12.9. The molecule has 0 aliphatic rings. The molecule has 0 aliphatic heterocycles. The van der Waals surface area contributed by atoms with E-state index >= 15 is 0 Å². The molecule has 0 unspecified atom stereocenters. The summed E-state index contributed by atoms with van der Waals surface area (Å²) in [7, 11) is 0. The van der Waals surface area contributed by atoms with Crippen molar-refractivity contribution in [1.82, 2.24) is 4.90 Å². The fraction of sp³-hybridized carbons (Fsp3) is 1.00. The van der Waals surface area contributed by atoms with Crippen LogP contribution < -0.4 is 0 Å². The van der Waals surface area contributed by atoms with Crippen molar-refractivity contribution in [3.05, 3.63) is 0 Å². The number of aliphatic hydroxyl groups is 1. The summed E-state index contributed by atoms with van der Waals surface area (Å²) in [5, 5.41) is 10.2. The fourth-order valence-corrected chi connectivity index (χ4v) is 1.66. The summed E-state index contributed by atoms with van der Waals surface area (Å²) in [6, 6.07) is 0.527. The lowest BCUT2D eigenvalue weighted by Crippen LogP contribution is -2.45. The third-order valence-corrected chi connectivity index (χ3v) is 3.05. The predicted octanol–water partition coefficient (Wildman–Crippen LogP) is 2.66. The standard InChI is InChI=1S/C12H27NO/c1-6-9-13(11(4)5)10-12(14,7-2)8-3/h11,14H,6-10H2,1-5H3.